The zero-order chi connectivity index (χ0) is 13.2. The Morgan fingerprint density at radius 1 is 1.05 bits per heavy atom. The molecule has 2 N–H and O–H groups in total. The van der Waals surface area contributed by atoms with Crippen LogP contribution >= 0.6 is 12.4 Å². The third kappa shape index (κ3) is 4.04. The van der Waals surface area contributed by atoms with Crippen LogP contribution in [0.1, 0.15) is 39.0 Å². The minimum Gasteiger partial charge on any atom is -0.328 e. The molecule has 5 nitrogen and oxygen atoms in total. The number of rotatable bonds is 3. The average Bonchev–Trinajstić information content (AvgIpc) is 2.40. The molecule has 0 aliphatic carbocycles. The van der Waals surface area contributed by atoms with E-state index in [0.29, 0.717) is 32.1 Å². The van der Waals surface area contributed by atoms with E-state index in [2.05, 4.69) is 0 Å². The Morgan fingerprint density at radius 3 is 2.21 bits per heavy atom. The topological polar surface area (TPSA) is 66.6 Å². The average molecular weight is 312 g/mol. The van der Waals surface area contributed by atoms with Crippen molar-refractivity contribution in [3.63, 3.8) is 0 Å². The predicted octanol–water partition coefficient (Wildman–Crippen LogP) is 1.20. The van der Waals surface area contributed by atoms with Crippen LogP contribution in [0.5, 0.6) is 0 Å². The highest BCUT2D eigenvalue weighted by atomic mass is 35.5. The molecule has 2 atom stereocenters. The summed E-state index contributed by atoms with van der Waals surface area (Å²) in [7, 11) is -3.24. The number of nitrogens with two attached hydrogens (primary N) is 1. The first-order chi connectivity index (χ1) is 8.51. The Morgan fingerprint density at radius 2 is 1.63 bits per heavy atom. The standard InChI is InChI=1S/C12H25N3O2S.ClH/c1-11(13)12-6-5-9-15(10-12)18(16,17)14-7-3-2-4-8-14;/h11-12H,2-10,13H2,1H3;1H. The molecule has 2 unspecified atom stereocenters. The summed E-state index contributed by atoms with van der Waals surface area (Å²) >= 11 is 0. The molecule has 0 aromatic heterocycles. The Labute approximate surface area is 123 Å². The molecule has 2 fully saturated rings. The molecule has 0 bridgehead atoms. The first-order valence-electron chi connectivity index (χ1n) is 7.02. The summed E-state index contributed by atoms with van der Waals surface area (Å²) < 4.78 is 28.3. The molecule has 0 spiro atoms. The van der Waals surface area contributed by atoms with Crippen molar-refractivity contribution in [2.24, 2.45) is 11.7 Å². The molecule has 2 aliphatic heterocycles. The van der Waals surface area contributed by atoms with E-state index in [1.54, 1.807) is 8.61 Å². The maximum Gasteiger partial charge on any atom is 0.281 e. The van der Waals surface area contributed by atoms with E-state index in [0.717, 1.165) is 32.1 Å². The van der Waals surface area contributed by atoms with Crippen molar-refractivity contribution < 1.29 is 8.42 Å². The summed E-state index contributed by atoms with van der Waals surface area (Å²) in [6.45, 7) is 4.59. The highest BCUT2D eigenvalue weighted by molar-refractivity contribution is 7.86. The molecule has 0 aromatic rings. The molecule has 0 amide bonds. The molecule has 2 saturated heterocycles. The smallest absolute Gasteiger partial charge is 0.281 e. The first-order valence-corrected chi connectivity index (χ1v) is 8.42. The maximum absolute atomic E-state index is 12.5. The van der Waals surface area contributed by atoms with Gasteiger partial charge in [-0.05, 0) is 38.5 Å². The highest BCUT2D eigenvalue weighted by Gasteiger charge is 2.34. The van der Waals surface area contributed by atoms with Gasteiger partial charge in [0.05, 0.1) is 0 Å². The molecule has 2 heterocycles. The van der Waals surface area contributed by atoms with Crippen molar-refractivity contribution >= 4 is 22.6 Å². The lowest BCUT2D eigenvalue weighted by Gasteiger charge is -2.37. The number of hydrogen-bond donors (Lipinski definition) is 1. The summed E-state index contributed by atoms with van der Waals surface area (Å²) in [6.07, 6.45) is 5.10. The predicted molar refractivity (Wildman–Crippen MR) is 79.5 cm³/mol. The number of hydrogen-bond acceptors (Lipinski definition) is 3. The van der Waals surface area contributed by atoms with E-state index < -0.39 is 10.2 Å². The lowest BCUT2D eigenvalue weighted by atomic mass is 9.93. The molecule has 0 radical (unpaired) electrons. The maximum atomic E-state index is 12.5. The van der Waals surface area contributed by atoms with Crippen LogP contribution in [0, 0.1) is 5.92 Å². The van der Waals surface area contributed by atoms with Gasteiger partial charge < -0.3 is 5.73 Å². The monoisotopic (exact) mass is 311 g/mol. The fourth-order valence-electron chi connectivity index (χ4n) is 2.87. The molecule has 19 heavy (non-hydrogen) atoms. The summed E-state index contributed by atoms with van der Waals surface area (Å²) in [5.74, 6) is 0.304. The highest BCUT2D eigenvalue weighted by Crippen LogP contribution is 2.24. The van der Waals surface area contributed by atoms with Gasteiger partial charge in [0.1, 0.15) is 0 Å². The van der Waals surface area contributed by atoms with Gasteiger partial charge in [0.15, 0.2) is 0 Å². The van der Waals surface area contributed by atoms with Crippen molar-refractivity contribution in [1.82, 2.24) is 8.61 Å². The quantitative estimate of drug-likeness (QED) is 0.851. The number of halogens is 1. The van der Waals surface area contributed by atoms with Crippen LogP contribution in [0.2, 0.25) is 0 Å². The molecule has 0 saturated carbocycles. The molecule has 7 heteroatoms. The zero-order valence-electron chi connectivity index (χ0n) is 11.6. The van der Waals surface area contributed by atoms with Gasteiger partial charge in [0, 0.05) is 32.2 Å². The third-order valence-electron chi connectivity index (χ3n) is 4.13. The van der Waals surface area contributed by atoms with Crippen molar-refractivity contribution in [3.05, 3.63) is 0 Å². The summed E-state index contributed by atoms with van der Waals surface area (Å²) in [5.41, 5.74) is 5.92. The van der Waals surface area contributed by atoms with Gasteiger partial charge in [-0.25, -0.2) is 0 Å². The van der Waals surface area contributed by atoms with E-state index in [-0.39, 0.29) is 18.4 Å². The van der Waals surface area contributed by atoms with Crippen LogP contribution < -0.4 is 5.73 Å². The van der Waals surface area contributed by atoms with Crippen LogP contribution in [0.15, 0.2) is 0 Å². The zero-order valence-corrected chi connectivity index (χ0v) is 13.3. The third-order valence-corrected chi connectivity index (χ3v) is 6.13. The molecule has 2 rings (SSSR count). The summed E-state index contributed by atoms with van der Waals surface area (Å²) in [4.78, 5) is 0. The lowest BCUT2D eigenvalue weighted by Crippen LogP contribution is -2.51. The molecule has 114 valence electrons. The van der Waals surface area contributed by atoms with Crippen molar-refractivity contribution in [1.29, 1.82) is 0 Å². The Hall–Kier alpha value is 0.120. The van der Waals surface area contributed by atoms with E-state index in [4.69, 9.17) is 5.73 Å². The van der Waals surface area contributed by atoms with Crippen LogP contribution in [-0.2, 0) is 10.2 Å². The Bertz CT molecular complexity index is 369. The van der Waals surface area contributed by atoms with Crippen LogP contribution in [0.25, 0.3) is 0 Å². The molecule has 0 aromatic carbocycles. The Kier molecular flexibility index (Phi) is 6.53. The van der Waals surface area contributed by atoms with Gasteiger partial charge in [0.2, 0.25) is 0 Å². The van der Waals surface area contributed by atoms with Gasteiger partial charge in [-0.1, -0.05) is 6.42 Å². The van der Waals surface area contributed by atoms with Gasteiger partial charge in [0.25, 0.3) is 10.2 Å². The van der Waals surface area contributed by atoms with Crippen LogP contribution in [0.3, 0.4) is 0 Å². The lowest BCUT2D eigenvalue weighted by molar-refractivity contribution is 0.222. The normalized spacial score (nSPS) is 28.6. The fraction of sp³-hybridized carbons (Fsp3) is 1.00. The largest absolute Gasteiger partial charge is 0.328 e. The van der Waals surface area contributed by atoms with Crippen molar-refractivity contribution in [3.8, 4) is 0 Å². The van der Waals surface area contributed by atoms with Crippen molar-refractivity contribution in [2.45, 2.75) is 45.1 Å². The first kappa shape index (κ1) is 17.2. The van der Waals surface area contributed by atoms with Gasteiger partial charge in [-0.2, -0.15) is 17.0 Å². The SMILES string of the molecule is CC(N)C1CCCN(S(=O)(=O)N2CCCCC2)C1.Cl. The second-order valence-corrected chi connectivity index (χ2v) is 7.52. The summed E-state index contributed by atoms with van der Waals surface area (Å²) in [6, 6.07) is 0.0735. The second-order valence-electron chi connectivity index (χ2n) is 5.59. The van der Waals surface area contributed by atoms with E-state index in [1.165, 1.54) is 0 Å². The van der Waals surface area contributed by atoms with Crippen LogP contribution in [0.4, 0.5) is 0 Å². The Balaban J connectivity index is 0.00000180. The molecule has 2 aliphatic rings. The fourth-order valence-corrected chi connectivity index (χ4v) is 4.66. The minimum absolute atomic E-state index is 0. The van der Waals surface area contributed by atoms with E-state index in [9.17, 15) is 8.42 Å². The molecular formula is C12H26ClN3O2S. The van der Waals surface area contributed by atoms with Gasteiger partial charge in [-0.3, -0.25) is 0 Å². The van der Waals surface area contributed by atoms with Gasteiger partial charge >= 0.3 is 0 Å². The molecular weight excluding hydrogens is 286 g/mol. The van der Waals surface area contributed by atoms with Crippen molar-refractivity contribution in [2.75, 3.05) is 26.2 Å². The van der Waals surface area contributed by atoms with Crippen LogP contribution in [-0.4, -0.2) is 49.2 Å². The van der Waals surface area contributed by atoms with Gasteiger partial charge in [-0.15, -0.1) is 12.4 Å². The second kappa shape index (κ2) is 7.22. The number of nitrogens with zero attached hydrogens (tertiary/aromatic N) is 2. The van der Waals surface area contributed by atoms with E-state index >= 15 is 0 Å². The van der Waals surface area contributed by atoms with E-state index in [1.807, 2.05) is 6.92 Å². The number of piperidine rings is 2. The summed E-state index contributed by atoms with van der Waals surface area (Å²) in [5, 5.41) is 0. The minimum atomic E-state index is -3.24.